The van der Waals surface area contributed by atoms with Crippen LogP contribution in [-0.2, 0) is 5.41 Å². The Labute approximate surface area is 88.1 Å². The van der Waals surface area contributed by atoms with Gasteiger partial charge >= 0.3 is 0 Å². The van der Waals surface area contributed by atoms with Crippen molar-refractivity contribution in [2.24, 2.45) is 0 Å². The van der Waals surface area contributed by atoms with Gasteiger partial charge in [0, 0.05) is 10.6 Å². The van der Waals surface area contributed by atoms with Gasteiger partial charge in [0.2, 0.25) is 0 Å². The molecular formula is C11H10ClNO. The highest BCUT2D eigenvalue weighted by atomic mass is 35.5. The first-order valence-corrected chi connectivity index (χ1v) is 4.55. The first-order valence-electron chi connectivity index (χ1n) is 4.17. The van der Waals surface area contributed by atoms with Crippen LogP contribution in [0.2, 0.25) is 5.02 Å². The first kappa shape index (κ1) is 10.7. The Morgan fingerprint density at radius 2 is 2.07 bits per heavy atom. The van der Waals surface area contributed by atoms with Gasteiger partial charge in [0.15, 0.2) is 0 Å². The van der Waals surface area contributed by atoms with E-state index in [1.54, 1.807) is 32.0 Å². The fraction of sp³-hybridized carbons (Fsp3) is 0.273. The van der Waals surface area contributed by atoms with Crippen LogP contribution in [0.25, 0.3) is 0 Å². The predicted molar refractivity (Wildman–Crippen MR) is 55.5 cm³/mol. The van der Waals surface area contributed by atoms with E-state index in [4.69, 9.17) is 16.9 Å². The molecule has 0 saturated heterocycles. The van der Waals surface area contributed by atoms with Gasteiger partial charge in [-0.05, 0) is 37.6 Å². The van der Waals surface area contributed by atoms with Crippen LogP contribution in [-0.4, -0.2) is 6.29 Å². The zero-order chi connectivity index (χ0) is 10.8. The third kappa shape index (κ3) is 2.12. The number of aldehydes is 1. The third-order valence-corrected chi connectivity index (χ3v) is 2.28. The Hall–Kier alpha value is -1.33. The molecule has 0 aliphatic carbocycles. The molecule has 0 unspecified atom stereocenters. The number of carbonyl (C=O) groups is 1. The molecule has 2 nitrogen and oxygen atoms in total. The topological polar surface area (TPSA) is 40.9 Å². The number of nitriles is 1. The second-order valence-electron chi connectivity index (χ2n) is 3.63. The molecule has 14 heavy (non-hydrogen) atoms. The van der Waals surface area contributed by atoms with Gasteiger partial charge in [-0.1, -0.05) is 11.6 Å². The summed E-state index contributed by atoms with van der Waals surface area (Å²) in [5.74, 6) is 0. The Bertz CT molecular complexity index is 404. The van der Waals surface area contributed by atoms with Crippen LogP contribution in [0, 0.1) is 11.3 Å². The van der Waals surface area contributed by atoms with Crippen LogP contribution in [0.4, 0.5) is 0 Å². The number of hydrogen-bond donors (Lipinski definition) is 0. The van der Waals surface area contributed by atoms with Crippen LogP contribution < -0.4 is 0 Å². The molecule has 0 atom stereocenters. The van der Waals surface area contributed by atoms with Crippen molar-refractivity contribution in [1.29, 1.82) is 5.26 Å². The summed E-state index contributed by atoms with van der Waals surface area (Å²) in [5.41, 5.74) is 0.633. The SMILES string of the molecule is CC(C)(C#N)c1cc(Cl)cc(C=O)c1. The number of benzene rings is 1. The van der Waals surface area contributed by atoms with Gasteiger partial charge < -0.3 is 0 Å². The predicted octanol–water partition coefficient (Wildman–Crippen LogP) is 2.95. The van der Waals surface area contributed by atoms with Crippen molar-refractivity contribution < 1.29 is 4.79 Å². The van der Waals surface area contributed by atoms with Crippen molar-refractivity contribution >= 4 is 17.9 Å². The summed E-state index contributed by atoms with van der Waals surface area (Å²) in [6, 6.07) is 7.13. The summed E-state index contributed by atoms with van der Waals surface area (Å²) < 4.78 is 0. The molecule has 0 spiro atoms. The van der Waals surface area contributed by atoms with Crippen LogP contribution >= 0.6 is 11.6 Å². The van der Waals surface area contributed by atoms with Gasteiger partial charge in [0.25, 0.3) is 0 Å². The van der Waals surface area contributed by atoms with E-state index in [1.807, 2.05) is 0 Å². The molecule has 0 fully saturated rings. The lowest BCUT2D eigenvalue weighted by molar-refractivity contribution is 0.112. The van der Waals surface area contributed by atoms with E-state index >= 15 is 0 Å². The molecule has 1 aromatic carbocycles. The highest BCUT2D eigenvalue weighted by Crippen LogP contribution is 2.25. The second kappa shape index (κ2) is 3.81. The fourth-order valence-corrected chi connectivity index (χ4v) is 1.35. The lowest BCUT2D eigenvalue weighted by atomic mass is 9.86. The number of rotatable bonds is 2. The van der Waals surface area contributed by atoms with Crippen LogP contribution in [0.5, 0.6) is 0 Å². The van der Waals surface area contributed by atoms with E-state index in [0.717, 1.165) is 11.8 Å². The van der Waals surface area contributed by atoms with E-state index in [2.05, 4.69) is 6.07 Å². The molecule has 1 rings (SSSR count). The highest BCUT2D eigenvalue weighted by Gasteiger charge is 2.20. The fourth-order valence-electron chi connectivity index (χ4n) is 1.11. The molecule has 72 valence electrons. The molecule has 3 heteroatoms. The summed E-state index contributed by atoms with van der Waals surface area (Å²) in [6.45, 7) is 3.57. The second-order valence-corrected chi connectivity index (χ2v) is 4.06. The van der Waals surface area contributed by atoms with Crippen molar-refractivity contribution in [2.75, 3.05) is 0 Å². The number of carbonyl (C=O) groups excluding carboxylic acids is 1. The minimum Gasteiger partial charge on any atom is -0.298 e. The maximum Gasteiger partial charge on any atom is 0.150 e. The van der Waals surface area contributed by atoms with Gasteiger partial charge in [-0.3, -0.25) is 4.79 Å². The van der Waals surface area contributed by atoms with Crippen LogP contribution in [0.1, 0.15) is 29.8 Å². The summed E-state index contributed by atoms with van der Waals surface area (Å²) in [4.78, 5) is 10.6. The quantitative estimate of drug-likeness (QED) is 0.700. The van der Waals surface area contributed by atoms with Crippen molar-refractivity contribution in [3.8, 4) is 6.07 Å². The van der Waals surface area contributed by atoms with Crippen molar-refractivity contribution in [2.45, 2.75) is 19.3 Å². The van der Waals surface area contributed by atoms with Crippen LogP contribution in [0.3, 0.4) is 0 Å². The van der Waals surface area contributed by atoms with Crippen LogP contribution in [0.15, 0.2) is 18.2 Å². The normalized spacial score (nSPS) is 10.7. The Balaban J connectivity index is 3.30. The zero-order valence-electron chi connectivity index (χ0n) is 8.04. The minimum absolute atomic E-state index is 0.480. The Morgan fingerprint density at radius 3 is 2.57 bits per heavy atom. The molecule has 0 aromatic heterocycles. The first-order chi connectivity index (χ1) is 6.49. The maximum atomic E-state index is 10.6. The summed E-state index contributed by atoms with van der Waals surface area (Å²) in [7, 11) is 0. The average Bonchev–Trinajstić information content (AvgIpc) is 2.16. The zero-order valence-corrected chi connectivity index (χ0v) is 8.80. The molecule has 0 bridgehead atoms. The van der Waals surface area contributed by atoms with E-state index in [-0.39, 0.29) is 0 Å². The summed E-state index contributed by atoms with van der Waals surface area (Å²) in [5, 5.41) is 9.40. The number of halogens is 1. The molecule has 0 N–H and O–H groups in total. The monoisotopic (exact) mass is 207 g/mol. The molecule has 0 radical (unpaired) electrons. The molecular weight excluding hydrogens is 198 g/mol. The smallest absolute Gasteiger partial charge is 0.150 e. The lowest BCUT2D eigenvalue weighted by Crippen LogP contribution is -2.14. The minimum atomic E-state index is -0.622. The van der Waals surface area contributed by atoms with Gasteiger partial charge in [-0.15, -0.1) is 0 Å². The standard InChI is InChI=1S/C11H10ClNO/c1-11(2,7-13)9-3-8(6-14)4-10(12)5-9/h3-6H,1-2H3. The molecule has 0 aliphatic rings. The van der Waals surface area contributed by atoms with Gasteiger partial charge in [0.05, 0.1) is 11.5 Å². The largest absolute Gasteiger partial charge is 0.298 e. The third-order valence-electron chi connectivity index (χ3n) is 2.06. The Morgan fingerprint density at radius 1 is 1.43 bits per heavy atom. The molecule has 1 aromatic rings. The molecule has 0 amide bonds. The van der Waals surface area contributed by atoms with Gasteiger partial charge in [-0.25, -0.2) is 0 Å². The van der Waals surface area contributed by atoms with Gasteiger partial charge in [-0.2, -0.15) is 5.26 Å². The Kier molecular flexibility index (Phi) is 2.93. The maximum absolute atomic E-state index is 10.6. The summed E-state index contributed by atoms with van der Waals surface area (Å²) in [6.07, 6.45) is 0.725. The van der Waals surface area contributed by atoms with Crippen molar-refractivity contribution in [3.63, 3.8) is 0 Å². The van der Waals surface area contributed by atoms with E-state index < -0.39 is 5.41 Å². The van der Waals surface area contributed by atoms with E-state index in [0.29, 0.717) is 10.6 Å². The van der Waals surface area contributed by atoms with Crippen molar-refractivity contribution in [1.82, 2.24) is 0 Å². The molecule has 0 saturated carbocycles. The van der Waals surface area contributed by atoms with Crippen molar-refractivity contribution in [3.05, 3.63) is 34.3 Å². The number of nitrogens with zero attached hydrogens (tertiary/aromatic N) is 1. The lowest BCUT2D eigenvalue weighted by Gasteiger charge is -2.16. The molecule has 0 heterocycles. The van der Waals surface area contributed by atoms with E-state index in [1.165, 1.54) is 0 Å². The highest BCUT2D eigenvalue weighted by molar-refractivity contribution is 6.30. The van der Waals surface area contributed by atoms with Gasteiger partial charge in [0.1, 0.15) is 6.29 Å². The summed E-state index contributed by atoms with van der Waals surface area (Å²) >= 11 is 5.82. The van der Waals surface area contributed by atoms with E-state index in [9.17, 15) is 4.79 Å². The number of hydrogen-bond acceptors (Lipinski definition) is 2. The average molecular weight is 208 g/mol. The molecule has 0 aliphatic heterocycles.